The van der Waals surface area contributed by atoms with Gasteiger partial charge in [0.05, 0.1) is 12.7 Å². The van der Waals surface area contributed by atoms with Gasteiger partial charge in [0.1, 0.15) is 0 Å². The Morgan fingerprint density at radius 1 is 1.47 bits per heavy atom. The highest BCUT2D eigenvalue weighted by molar-refractivity contribution is 14.1. The van der Waals surface area contributed by atoms with Crippen LogP contribution in [0.15, 0.2) is 33.3 Å². The van der Waals surface area contributed by atoms with Crippen molar-refractivity contribution in [3.63, 3.8) is 0 Å². The van der Waals surface area contributed by atoms with Gasteiger partial charge in [-0.3, -0.25) is 0 Å². The van der Waals surface area contributed by atoms with E-state index < -0.39 is 0 Å². The molecule has 0 saturated heterocycles. The quantitative estimate of drug-likeness (QED) is 0.784. The molecule has 17 heavy (non-hydrogen) atoms. The highest BCUT2D eigenvalue weighted by atomic mass is 127. The zero-order valence-corrected chi connectivity index (χ0v) is 13.1. The second-order valence-electron chi connectivity index (χ2n) is 3.52. The molecule has 0 fully saturated rings. The van der Waals surface area contributed by atoms with E-state index >= 15 is 0 Å². The first kappa shape index (κ1) is 13.0. The van der Waals surface area contributed by atoms with Crippen LogP contribution in [0.4, 0.5) is 0 Å². The van der Waals surface area contributed by atoms with Gasteiger partial charge in [0.25, 0.3) is 0 Å². The standard InChI is InChI=1S/C12H12BrIN2O/c1-2-15-7-12-16-6-11(17-12)9-5-8(14)3-4-10(9)13/h3-6,15H,2,7H2,1H3. The zero-order valence-electron chi connectivity index (χ0n) is 9.34. The Hall–Kier alpha value is -0.400. The highest BCUT2D eigenvalue weighted by Gasteiger charge is 2.09. The van der Waals surface area contributed by atoms with Gasteiger partial charge in [0.15, 0.2) is 5.76 Å². The van der Waals surface area contributed by atoms with Crippen molar-refractivity contribution >= 4 is 38.5 Å². The molecule has 0 aliphatic heterocycles. The van der Waals surface area contributed by atoms with Crippen molar-refractivity contribution in [3.8, 4) is 11.3 Å². The fraction of sp³-hybridized carbons (Fsp3) is 0.250. The maximum absolute atomic E-state index is 5.70. The Morgan fingerprint density at radius 2 is 2.29 bits per heavy atom. The van der Waals surface area contributed by atoms with Gasteiger partial charge in [-0.05, 0) is 47.3 Å². The summed E-state index contributed by atoms with van der Waals surface area (Å²) in [5, 5.41) is 3.19. The van der Waals surface area contributed by atoms with Crippen molar-refractivity contribution in [2.45, 2.75) is 13.5 Å². The largest absolute Gasteiger partial charge is 0.439 e. The Bertz CT molecular complexity index is 513. The summed E-state index contributed by atoms with van der Waals surface area (Å²) in [6, 6.07) is 6.13. The van der Waals surface area contributed by atoms with Gasteiger partial charge in [0, 0.05) is 13.6 Å². The average molecular weight is 407 g/mol. The number of nitrogens with one attached hydrogen (secondary N) is 1. The number of hydrogen-bond acceptors (Lipinski definition) is 3. The number of benzene rings is 1. The van der Waals surface area contributed by atoms with E-state index in [1.165, 1.54) is 3.57 Å². The van der Waals surface area contributed by atoms with Crippen LogP contribution in [-0.4, -0.2) is 11.5 Å². The smallest absolute Gasteiger partial charge is 0.208 e. The number of hydrogen-bond donors (Lipinski definition) is 1. The van der Waals surface area contributed by atoms with Crippen LogP contribution in [0.25, 0.3) is 11.3 Å². The molecule has 1 heterocycles. The van der Waals surface area contributed by atoms with Crippen molar-refractivity contribution in [2.24, 2.45) is 0 Å². The molecular weight excluding hydrogens is 395 g/mol. The molecule has 3 nitrogen and oxygen atoms in total. The first-order valence-corrected chi connectivity index (χ1v) is 7.18. The number of halogens is 2. The van der Waals surface area contributed by atoms with E-state index in [1.807, 2.05) is 12.1 Å². The van der Waals surface area contributed by atoms with E-state index in [2.05, 4.69) is 61.8 Å². The fourth-order valence-corrected chi connectivity index (χ4v) is 2.37. The summed E-state index contributed by atoms with van der Waals surface area (Å²) in [7, 11) is 0. The number of rotatable bonds is 4. The van der Waals surface area contributed by atoms with Crippen LogP contribution in [-0.2, 0) is 6.54 Å². The van der Waals surface area contributed by atoms with E-state index in [1.54, 1.807) is 6.20 Å². The van der Waals surface area contributed by atoms with E-state index in [-0.39, 0.29) is 0 Å². The molecule has 1 N–H and O–H groups in total. The molecule has 0 saturated carbocycles. The molecule has 0 aliphatic carbocycles. The third-order valence-corrected chi connectivity index (χ3v) is 3.64. The van der Waals surface area contributed by atoms with Crippen molar-refractivity contribution < 1.29 is 4.42 Å². The molecule has 1 aromatic carbocycles. The summed E-state index contributed by atoms with van der Waals surface area (Å²) in [5.41, 5.74) is 1.03. The van der Waals surface area contributed by atoms with Crippen molar-refractivity contribution in [1.29, 1.82) is 0 Å². The fourth-order valence-electron chi connectivity index (χ4n) is 1.43. The molecular formula is C12H12BrIN2O. The van der Waals surface area contributed by atoms with Gasteiger partial charge in [-0.15, -0.1) is 0 Å². The minimum absolute atomic E-state index is 0.665. The molecule has 2 rings (SSSR count). The van der Waals surface area contributed by atoms with Gasteiger partial charge in [-0.2, -0.15) is 0 Å². The highest BCUT2D eigenvalue weighted by Crippen LogP contribution is 2.30. The third kappa shape index (κ3) is 3.29. The summed E-state index contributed by atoms with van der Waals surface area (Å²) < 4.78 is 7.89. The van der Waals surface area contributed by atoms with E-state index in [0.717, 1.165) is 22.3 Å². The SMILES string of the molecule is CCNCc1ncc(-c2cc(I)ccc2Br)o1. The minimum atomic E-state index is 0.665. The number of aromatic nitrogens is 1. The zero-order chi connectivity index (χ0) is 12.3. The molecule has 2 aromatic rings. The Balaban J connectivity index is 2.27. The van der Waals surface area contributed by atoms with Crippen LogP contribution in [0.2, 0.25) is 0 Å². The lowest BCUT2D eigenvalue weighted by Crippen LogP contribution is -2.11. The maximum atomic E-state index is 5.70. The molecule has 0 atom stereocenters. The molecule has 90 valence electrons. The summed E-state index contributed by atoms with van der Waals surface area (Å²) >= 11 is 5.81. The second kappa shape index (κ2) is 5.97. The van der Waals surface area contributed by atoms with Crippen LogP contribution < -0.4 is 5.32 Å². The summed E-state index contributed by atoms with van der Waals surface area (Å²) in [4.78, 5) is 4.25. The Labute approximate surface area is 122 Å². The topological polar surface area (TPSA) is 38.1 Å². The third-order valence-electron chi connectivity index (χ3n) is 2.27. The van der Waals surface area contributed by atoms with E-state index in [9.17, 15) is 0 Å². The van der Waals surface area contributed by atoms with Crippen molar-refractivity contribution in [3.05, 3.63) is 38.3 Å². The summed E-state index contributed by atoms with van der Waals surface area (Å²) in [6.07, 6.45) is 1.77. The van der Waals surface area contributed by atoms with Gasteiger partial charge in [0.2, 0.25) is 5.89 Å². The molecule has 0 radical (unpaired) electrons. The van der Waals surface area contributed by atoms with Gasteiger partial charge >= 0.3 is 0 Å². The predicted octanol–water partition coefficient (Wildman–Crippen LogP) is 3.82. The van der Waals surface area contributed by atoms with Gasteiger partial charge in [-0.25, -0.2) is 4.98 Å². The van der Waals surface area contributed by atoms with Crippen LogP contribution in [0.5, 0.6) is 0 Å². The lowest BCUT2D eigenvalue weighted by atomic mass is 10.2. The number of oxazole rings is 1. The first-order chi connectivity index (χ1) is 8.20. The van der Waals surface area contributed by atoms with Gasteiger partial charge in [-0.1, -0.05) is 22.9 Å². The van der Waals surface area contributed by atoms with Crippen LogP contribution in [0.1, 0.15) is 12.8 Å². The number of nitrogens with zero attached hydrogens (tertiary/aromatic N) is 1. The Morgan fingerprint density at radius 3 is 3.06 bits per heavy atom. The Kier molecular flexibility index (Phi) is 4.58. The molecule has 0 amide bonds. The lowest BCUT2D eigenvalue weighted by molar-refractivity contribution is 0.482. The summed E-state index contributed by atoms with van der Waals surface area (Å²) in [6.45, 7) is 3.63. The molecule has 5 heteroatoms. The lowest BCUT2D eigenvalue weighted by Gasteiger charge is -2.01. The van der Waals surface area contributed by atoms with Gasteiger partial charge < -0.3 is 9.73 Å². The molecule has 0 aliphatic rings. The maximum Gasteiger partial charge on any atom is 0.208 e. The second-order valence-corrected chi connectivity index (χ2v) is 5.62. The first-order valence-electron chi connectivity index (χ1n) is 5.31. The average Bonchev–Trinajstić information content (AvgIpc) is 2.78. The van der Waals surface area contributed by atoms with Crippen LogP contribution in [0.3, 0.4) is 0 Å². The molecule has 1 aromatic heterocycles. The van der Waals surface area contributed by atoms with E-state index in [0.29, 0.717) is 12.4 Å². The van der Waals surface area contributed by atoms with Crippen molar-refractivity contribution in [2.75, 3.05) is 6.54 Å². The van der Waals surface area contributed by atoms with Crippen molar-refractivity contribution in [1.82, 2.24) is 10.3 Å². The molecule has 0 unspecified atom stereocenters. The normalized spacial score (nSPS) is 10.8. The molecule has 0 spiro atoms. The predicted molar refractivity (Wildman–Crippen MR) is 79.7 cm³/mol. The molecule has 0 bridgehead atoms. The monoisotopic (exact) mass is 406 g/mol. The van der Waals surface area contributed by atoms with E-state index in [4.69, 9.17) is 4.42 Å². The van der Waals surface area contributed by atoms with Crippen LogP contribution in [0, 0.1) is 3.57 Å². The van der Waals surface area contributed by atoms with Crippen LogP contribution >= 0.6 is 38.5 Å². The summed E-state index contributed by atoms with van der Waals surface area (Å²) in [5.74, 6) is 1.51. The minimum Gasteiger partial charge on any atom is -0.439 e.